The van der Waals surface area contributed by atoms with Gasteiger partial charge in [-0.1, -0.05) is 30.3 Å². The molecule has 0 bridgehead atoms. The van der Waals surface area contributed by atoms with E-state index >= 15 is 0 Å². The lowest BCUT2D eigenvalue weighted by Gasteiger charge is -2.13. The van der Waals surface area contributed by atoms with E-state index in [0.717, 1.165) is 48.1 Å². The molecular weight excluding hydrogens is 370 g/mol. The molecule has 0 saturated carbocycles. The van der Waals surface area contributed by atoms with Crippen LogP contribution in [0.15, 0.2) is 47.2 Å². The summed E-state index contributed by atoms with van der Waals surface area (Å²) >= 11 is 1.64. The van der Waals surface area contributed by atoms with E-state index in [0.29, 0.717) is 18.2 Å². The largest absolute Gasteiger partial charge is 0.481 e. The van der Waals surface area contributed by atoms with Crippen molar-refractivity contribution in [1.82, 2.24) is 15.3 Å². The van der Waals surface area contributed by atoms with Crippen LogP contribution in [0, 0.1) is 5.92 Å². The molecule has 0 spiro atoms. The van der Waals surface area contributed by atoms with Gasteiger partial charge < -0.3 is 10.1 Å². The minimum atomic E-state index is -0.0160. The van der Waals surface area contributed by atoms with Gasteiger partial charge in [-0.15, -0.1) is 0 Å². The summed E-state index contributed by atoms with van der Waals surface area (Å²) in [7, 11) is 1.65. The minimum Gasteiger partial charge on any atom is -0.481 e. The highest BCUT2D eigenvalue weighted by molar-refractivity contribution is 7.07. The third kappa shape index (κ3) is 4.07. The molecule has 5 nitrogen and oxygen atoms in total. The van der Waals surface area contributed by atoms with E-state index in [-0.39, 0.29) is 11.8 Å². The smallest absolute Gasteiger partial charge is 0.223 e. The molecule has 1 N–H and O–H groups in total. The molecule has 1 atom stereocenters. The molecule has 0 fully saturated rings. The van der Waals surface area contributed by atoms with Crippen molar-refractivity contribution in [2.75, 3.05) is 7.11 Å². The Morgan fingerprint density at radius 3 is 2.75 bits per heavy atom. The Balaban J connectivity index is 1.50. The Hall–Kier alpha value is -2.73. The fraction of sp³-hybridized carbons (Fsp3) is 0.318. The summed E-state index contributed by atoms with van der Waals surface area (Å²) in [6.45, 7) is 0.590. The zero-order valence-corrected chi connectivity index (χ0v) is 16.7. The van der Waals surface area contributed by atoms with Crippen LogP contribution < -0.4 is 10.1 Å². The number of nitrogens with one attached hydrogen (secondary N) is 1. The third-order valence-electron chi connectivity index (χ3n) is 5.17. The number of nitrogens with zero attached hydrogens (tertiary/aromatic N) is 2. The number of carbonyl (C=O) groups excluding carboxylic acids is 1. The summed E-state index contributed by atoms with van der Waals surface area (Å²) in [5.74, 6) is 1.41. The maximum atomic E-state index is 12.7. The molecule has 1 aliphatic rings. The van der Waals surface area contributed by atoms with Crippen LogP contribution >= 0.6 is 11.3 Å². The van der Waals surface area contributed by atoms with Gasteiger partial charge in [0.2, 0.25) is 11.8 Å². The summed E-state index contributed by atoms with van der Waals surface area (Å²) in [6, 6.07) is 12.0. The molecule has 1 aromatic carbocycles. The topological polar surface area (TPSA) is 64.1 Å². The molecule has 0 radical (unpaired) electrons. The Labute approximate surface area is 168 Å². The Kier molecular flexibility index (Phi) is 5.67. The van der Waals surface area contributed by atoms with Crippen LogP contribution in [0.5, 0.6) is 5.88 Å². The van der Waals surface area contributed by atoms with Crippen LogP contribution in [-0.2, 0) is 24.2 Å². The number of rotatable bonds is 5. The second kappa shape index (κ2) is 8.52. The van der Waals surface area contributed by atoms with Gasteiger partial charge in [-0.2, -0.15) is 16.3 Å². The van der Waals surface area contributed by atoms with E-state index in [4.69, 9.17) is 9.72 Å². The number of fused-ring (bicyclic) bond motifs is 1. The van der Waals surface area contributed by atoms with Gasteiger partial charge in [0.15, 0.2) is 5.82 Å². The number of hydrogen-bond donors (Lipinski definition) is 1. The van der Waals surface area contributed by atoms with Gasteiger partial charge in [0.25, 0.3) is 0 Å². The number of carbonyl (C=O) groups is 1. The highest BCUT2D eigenvalue weighted by Gasteiger charge is 2.26. The number of amides is 1. The van der Waals surface area contributed by atoms with Crippen molar-refractivity contribution >= 4 is 17.2 Å². The summed E-state index contributed by atoms with van der Waals surface area (Å²) in [5, 5.41) is 7.17. The zero-order valence-electron chi connectivity index (χ0n) is 15.9. The lowest BCUT2D eigenvalue weighted by molar-refractivity contribution is -0.125. The first-order chi connectivity index (χ1) is 13.7. The highest BCUT2D eigenvalue weighted by atomic mass is 32.1. The zero-order chi connectivity index (χ0) is 19.3. The monoisotopic (exact) mass is 393 g/mol. The first-order valence-corrected chi connectivity index (χ1v) is 10.5. The first-order valence-electron chi connectivity index (χ1n) is 9.52. The molecular formula is C22H23N3O2S. The SMILES string of the molecule is COc1nc(-c2ccccc2)nc2c1CCC(C(=O)NCc1ccsc1)CC2. The number of ether oxygens (including phenoxy) is 1. The molecule has 2 aromatic heterocycles. The van der Waals surface area contributed by atoms with Gasteiger partial charge in [0.1, 0.15) is 0 Å². The second-order valence-electron chi connectivity index (χ2n) is 6.97. The first kappa shape index (κ1) is 18.6. The molecule has 1 aliphatic carbocycles. The number of thiophene rings is 1. The number of aryl methyl sites for hydroxylation is 1. The molecule has 144 valence electrons. The molecule has 2 heterocycles. The van der Waals surface area contributed by atoms with Gasteiger partial charge in [0.05, 0.1) is 12.8 Å². The molecule has 6 heteroatoms. The van der Waals surface area contributed by atoms with Crippen molar-refractivity contribution in [3.05, 3.63) is 64.0 Å². The van der Waals surface area contributed by atoms with Gasteiger partial charge in [0, 0.05) is 23.6 Å². The average Bonchev–Trinajstić information content (AvgIpc) is 3.17. The standard InChI is InChI=1S/C22H23N3O2S/c1-27-22-18-9-7-17(21(26)23-13-15-11-12-28-14-15)8-10-19(18)24-20(25-22)16-5-3-2-4-6-16/h2-6,11-12,14,17H,7-10,13H2,1H3,(H,23,26). The van der Waals surface area contributed by atoms with Gasteiger partial charge in [-0.05, 0) is 48.1 Å². The Morgan fingerprint density at radius 2 is 2.00 bits per heavy atom. The number of benzene rings is 1. The lowest BCUT2D eigenvalue weighted by Crippen LogP contribution is -2.30. The molecule has 0 saturated heterocycles. The molecule has 4 rings (SSSR count). The van der Waals surface area contributed by atoms with E-state index in [1.807, 2.05) is 41.8 Å². The van der Waals surface area contributed by atoms with E-state index in [9.17, 15) is 4.79 Å². The van der Waals surface area contributed by atoms with Crippen LogP contribution in [0.25, 0.3) is 11.4 Å². The van der Waals surface area contributed by atoms with E-state index < -0.39 is 0 Å². The molecule has 1 amide bonds. The van der Waals surface area contributed by atoms with Crippen LogP contribution in [0.3, 0.4) is 0 Å². The Morgan fingerprint density at radius 1 is 1.18 bits per heavy atom. The molecule has 3 aromatic rings. The van der Waals surface area contributed by atoms with Gasteiger partial charge in [-0.3, -0.25) is 4.79 Å². The second-order valence-corrected chi connectivity index (χ2v) is 7.75. The maximum Gasteiger partial charge on any atom is 0.223 e. The van der Waals surface area contributed by atoms with Gasteiger partial charge in [-0.25, -0.2) is 4.98 Å². The van der Waals surface area contributed by atoms with Crippen LogP contribution in [0.2, 0.25) is 0 Å². The summed E-state index contributed by atoms with van der Waals surface area (Å²) in [6.07, 6.45) is 3.08. The maximum absolute atomic E-state index is 12.7. The van der Waals surface area contributed by atoms with Crippen molar-refractivity contribution in [3.8, 4) is 17.3 Å². The minimum absolute atomic E-state index is 0.0160. The molecule has 1 unspecified atom stereocenters. The molecule has 28 heavy (non-hydrogen) atoms. The average molecular weight is 394 g/mol. The third-order valence-corrected chi connectivity index (χ3v) is 5.90. The fourth-order valence-corrected chi connectivity index (χ4v) is 4.28. The lowest BCUT2D eigenvalue weighted by atomic mass is 9.99. The number of aromatic nitrogens is 2. The van der Waals surface area contributed by atoms with Crippen LogP contribution in [0.4, 0.5) is 0 Å². The van der Waals surface area contributed by atoms with Crippen LogP contribution in [-0.4, -0.2) is 23.0 Å². The van der Waals surface area contributed by atoms with Crippen LogP contribution in [0.1, 0.15) is 29.7 Å². The van der Waals surface area contributed by atoms with Crippen molar-refractivity contribution in [2.24, 2.45) is 5.92 Å². The molecule has 0 aliphatic heterocycles. The predicted molar refractivity (Wildman–Crippen MR) is 110 cm³/mol. The normalized spacial score (nSPS) is 16.1. The van der Waals surface area contributed by atoms with Crippen molar-refractivity contribution < 1.29 is 9.53 Å². The van der Waals surface area contributed by atoms with Crippen molar-refractivity contribution in [3.63, 3.8) is 0 Å². The quantitative estimate of drug-likeness (QED) is 0.665. The van der Waals surface area contributed by atoms with Crippen molar-refractivity contribution in [1.29, 1.82) is 0 Å². The number of methoxy groups -OCH3 is 1. The van der Waals surface area contributed by atoms with E-state index in [2.05, 4.69) is 15.7 Å². The summed E-state index contributed by atoms with van der Waals surface area (Å²) < 4.78 is 5.57. The number of hydrogen-bond acceptors (Lipinski definition) is 5. The van der Waals surface area contributed by atoms with Gasteiger partial charge >= 0.3 is 0 Å². The summed E-state index contributed by atoms with van der Waals surface area (Å²) in [4.78, 5) is 22.1. The highest BCUT2D eigenvalue weighted by Crippen LogP contribution is 2.31. The predicted octanol–water partition coefficient (Wildman–Crippen LogP) is 4.03. The van der Waals surface area contributed by atoms with Crippen molar-refractivity contribution in [2.45, 2.75) is 32.2 Å². The van der Waals surface area contributed by atoms with E-state index in [1.165, 1.54) is 0 Å². The fourth-order valence-electron chi connectivity index (χ4n) is 3.61. The summed E-state index contributed by atoms with van der Waals surface area (Å²) in [5.41, 5.74) is 4.15. The Bertz CT molecular complexity index is 942. The van der Waals surface area contributed by atoms with E-state index in [1.54, 1.807) is 18.4 Å².